The summed E-state index contributed by atoms with van der Waals surface area (Å²) in [6, 6.07) is 11.3. The lowest BCUT2D eigenvalue weighted by atomic mass is 9.92. The summed E-state index contributed by atoms with van der Waals surface area (Å²) in [5.74, 6) is 1.01. The number of rotatable bonds is 12. The Morgan fingerprint density at radius 3 is 2.79 bits per heavy atom. The number of carbonyl (C=O) groups excluding carboxylic acids is 2. The Bertz CT molecular complexity index is 1120. The number of hydrogen-bond acceptors (Lipinski definition) is 7. The maximum absolute atomic E-state index is 13.3. The fourth-order valence-electron chi connectivity index (χ4n) is 5.15. The van der Waals surface area contributed by atoms with E-state index in [-0.39, 0.29) is 25.1 Å². The second-order valence-electron chi connectivity index (χ2n) is 9.88. The van der Waals surface area contributed by atoms with Crippen LogP contribution in [0.15, 0.2) is 36.4 Å². The first kappa shape index (κ1) is 29.1. The van der Waals surface area contributed by atoms with Gasteiger partial charge in [0.05, 0.1) is 20.3 Å². The van der Waals surface area contributed by atoms with E-state index >= 15 is 0 Å². The molecule has 0 radical (unpaired) electrons. The number of hydrogen-bond donors (Lipinski definition) is 3. The summed E-state index contributed by atoms with van der Waals surface area (Å²) < 4.78 is 22.4. The molecule has 2 aliphatic rings. The van der Waals surface area contributed by atoms with Crippen molar-refractivity contribution in [1.82, 2.24) is 16.0 Å². The van der Waals surface area contributed by atoms with Gasteiger partial charge in [0.1, 0.15) is 11.9 Å². The van der Waals surface area contributed by atoms with E-state index < -0.39 is 12.2 Å². The molecule has 10 heteroatoms. The van der Waals surface area contributed by atoms with Crippen molar-refractivity contribution < 1.29 is 28.5 Å². The zero-order chi connectivity index (χ0) is 27.6. The van der Waals surface area contributed by atoms with E-state index in [9.17, 15) is 9.59 Å². The van der Waals surface area contributed by atoms with Crippen LogP contribution >= 0.6 is 11.6 Å². The van der Waals surface area contributed by atoms with Gasteiger partial charge in [-0.15, -0.1) is 0 Å². The number of likely N-dealkylation sites (N-methyl/N-ethyl adjacent to an activating group) is 1. The van der Waals surface area contributed by atoms with Crippen molar-refractivity contribution in [3.05, 3.63) is 63.7 Å². The Balaban J connectivity index is 1.52. The van der Waals surface area contributed by atoms with Crippen LogP contribution in [0.4, 0.5) is 4.79 Å². The van der Waals surface area contributed by atoms with Crippen LogP contribution in [0.1, 0.15) is 52.4 Å². The molecule has 2 aromatic rings. The monoisotopic (exact) mass is 559 g/mol. The molecule has 0 bridgehead atoms. The molecule has 9 nitrogen and oxygen atoms in total. The summed E-state index contributed by atoms with van der Waals surface area (Å²) >= 11 is 6.32. The van der Waals surface area contributed by atoms with Gasteiger partial charge in [0.15, 0.2) is 0 Å². The molecule has 2 heterocycles. The minimum atomic E-state index is -0.526. The van der Waals surface area contributed by atoms with Crippen molar-refractivity contribution in [1.29, 1.82) is 0 Å². The molecule has 39 heavy (non-hydrogen) atoms. The first-order valence-corrected chi connectivity index (χ1v) is 13.9. The van der Waals surface area contributed by atoms with Gasteiger partial charge < -0.3 is 34.9 Å². The van der Waals surface area contributed by atoms with Gasteiger partial charge in [-0.2, -0.15) is 0 Å². The lowest BCUT2D eigenvalue weighted by Crippen LogP contribution is -2.41. The van der Waals surface area contributed by atoms with Crippen molar-refractivity contribution in [2.45, 2.75) is 37.8 Å². The van der Waals surface area contributed by atoms with Crippen LogP contribution in [0.2, 0.25) is 5.02 Å². The number of amides is 2. The molecule has 3 atom stereocenters. The Morgan fingerprint density at radius 2 is 2.05 bits per heavy atom. The molecule has 2 aliphatic heterocycles. The van der Waals surface area contributed by atoms with Crippen molar-refractivity contribution in [3.63, 3.8) is 0 Å². The fraction of sp³-hybridized carbons (Fsp3) is 0.517. The highest BCUT2D eigenvalue weighted by atomic mass is 35.5. The van der Waals surface area contributed by atoms with E-state index in [1.165, 1.54) is 7.11 Å². The molecule has 1 saturated heterocycles. The van der Waals surface area contributed by atoms with Gasteiger partial charge in [0.25, 0.3) is 5.91 Å². The number of carbonyl (C=O) groups is 2. The summed E-state index contributed by atoms with van der Waals surface area (Å²) in [5.41, 5.74) is 3.20. The predicted molar refractivity (Wildman–Crippen MR) is 149 cm³/mol. The van der Waals surface area contributed by atoms with Crippen LogP contribution in [0, 0.1) is 5.92 Å². The molecule has 4 rings (SSSR count). The molecule has 2 aromatic carbocycles. The van der Waals surface area contributed by atoms with Crippen LogP contribution in [-0.2, 0) is 20.6 Å². The minimum absolute atomic E-state index is 0.149. The summed E-state index contributed by atoms with van der Waals surface area (Å²) in [4.78, 5) is 24.8. The number of ether oxygens (including phenoxy) is 4. The number of nitrogens with one attached hydrogen (secondary N) is 3. The molecule has 0 unspecified atom stereocenters. The first-order chi connectivity index (χ1) is 19.0. The average Bonchev–Trinajstić information content (AvgIpc) is 3.44. The number of alkyl carbamates (subject to hydrolysis) is 1. The maximum atomic E-state index is 13.3. The van der Waals surface area contributed by atoms with Gasteiger partial charge >= 0.3 is 6.09 Å². The van der Waals surface area contributed by atoms with Crippen LogP contribution < -0.4 is 20.7 Å². The first-order valence-electron chi connectivity index (χ1n) is 13.5. The molecule has 0 aliphatic carbocycles. The summed E-state index contributed by atoms with van der Waals surface area (Å²) in [6.45, 7) is 3.14. The highest BCUT2D eigenvalue weighted by molar-refractivity contribution is 6.30. The van der Waals surface area contributed by atoms with Crippen LogP contribution in [-0.4, -0.2) is 71.7 Å². The third kappa shape index (κ3) is 8.08. The number of benzene rings is 2. The Morgan fingerprint density at radius 1 is 1.18 bits per heavy atom. The van der Waals surface area contributed by atoms with E-state index in [1.807, 2.05) is 31.3 Å². The molecule has 2 amide bonds. The smallest absolute Gasteiger partial charge is 0.406 e. The summed E-state index contributed by atoms with van der Waals surface area (Å²) in [6.07, 6.45) is 2.85. The van der Waals surface area contributed by atoms with E-state index in [0.717, 1.165) is 49.2 Å². The van der Waals surface area contributed by atoms with Crippen molar-refractivity contribution >= 4 is 23.6 Å². The van der Waals surface area contributed by atoms with E-state index in [0.29, 0.717) is 41.8 Å². The summed E-state index contributed by atoms with van der Waals surface area (Å²) in [7, 11) is 3.23. The van der Waals surface area contributed by atoms with Gasteiger partial charge in [0.2, 0.25) is 0 Å². The van der Waals surface area contributed by atoms with Gasteiger partial charge in [-0.05, 0) is 67.6 Å². The molecule has 1 fully saturated rings. The SMILES string of the molecule is CN[C@H](CNC(=O)c1cc2c(c([C@@H](OCCNC(=O)OC)c3cccc(Cl)c3)c1)CCO2)C[C@H]1CCCOC1. The van der Waals surface area contributed by atoms with Crippen LogP contribution in [0.3, 0.4) is 0 Å². The normalized spacial score (nSPS) is 18.0. The van der Waals surface area contributed by atoms with Crippen LogP contribution in [0.25, 0.3) is 0 Å². The topological polar surface area (TPSA) is 107 Å². The molecule has 212 valence electrons. The lowest BCUT2D eigenvalue weighted by molar-refractivity contribution is 0.0478. The number of halogens is 1. The second-order valence-corrected chi connectivity index (χ2v) is 10.3. The maximum Gasteiger partial charge on any atom is 0.406 e. The Labute approximate surface area is 234 Å². The summed E-state index contributed by atoms with van der Waals surface area (Å²) in [5, 5.41) is 9.64. The number of fused-ring (bicyclic) bond motifs is 1. The fourth-order valence-corrected chi connectivity index (χ4v) is 5.34. The highest BCUT2D eigenvalue weighted by Crippen LogP contribution is 2.38. The number of methoxy groups -OCH3 is 1. The minimum Gasteiger partial charge on any atom is -0.493 e. The lowest BCUT2D eigenvalue weighted by Gasteiger charge is -2.26. The second kappa shape index (κ2) is 14.5. The van der Waals surface area contributed by atoms with Crippen molar-refractivity contribution in [2.75, 3.05) is 53.7 Å². The molecule has 3 N–H and O–H groups in total. The van der Waals surface area contributed by atoms with E-state index in [1.54, 1.807) is 12.1 Å². The van der Waals surface area contributed by atoms with E-state index in [4.69, 9.17) is 25.8 Å². The Hall–Kier alpha value is -2.85. The molecule has 0 saturated carbocycles. The average molecular weight is 560 g/mol. The van der Waals surface area contributed by atoms with Gasteiger partial charge in [0, 0.05) is 54.9 Å². The third-order valence-electron chi connectivity index (χ3n) is 7.18. The van der Waals surface area contributed by atoms with Gasteiger partial charge in [-0.1, -0.05) is 23.7 Å². The van der Waals surface area contributed by atoms with Gasteiger partial charge in [-0.3, -0.25) is 4.79 Å². The molecule has 0 spiro atoms. The molecular weight excluding hydrogens is 522 g/mol. The predicted octanol–water partition coefficient (Wildman–Crippen LogP) is 3.87. The quantitative estimate of drug-likeness (QED) is 0.339. The van der Waals surface area contributed by atoms with Crippen molar-refractivity contribution in [2.24, 2.45) is 5.92 Å². The van der Waals surface area contributed by atoms with E-state index in [2.05, 4.69) is 20.7 Å². The molecular formula is C29H38ClN3O6. The Kier molecular flexibility index (Phi) is 10.8. The standard InChI is InChI=1S/C29H38ClN3O6/c1-31-23(13-19-5-4-10-37-18-19)17-33-28(34)21-15-25(24-8-11-38-26(24)16-21)27(20-6-3-7-22(30)14-20)39-12-9-32-29(35)36-2/h3,6-7,14-16,19,23,27,31H,4-5,8-13,17-18H2,1-2H3,(H,32,35)(H,33,34)/t19-,23+,27+/m1/s1. The van der Waals surface area contributed by atoms with Crippen LogP contribution in [0.5, 0.6) is 5.75 Å². The third-order valence-corrected chi connectivity index (χ3v) is 7.42. The largest absolute Gasteiger partial charge is 0.493 e. The van der Waals surface area contributed by atoms with Crippen molar-refractivity contribution in [3.8, 4) is 5.75 Å². The highest BCUT2D eigenvalue weighted by Gasteiger charge is 2.27. The zero-order valence-corrected chi connectivity index (χ0v) is 23.4. The van der Waals surface area contributed by atoms with Gasteiger partial charge in [-0.25, -0.2) is 4.79 Å². The molecule has 0 aromatic heterocycles. The zero-order valence-electron chi connectivity index (χ0n) is 22.6.